The number of alkyl halides is 1. The zero-order valence-corrected chi connectivity index (χ0v) is 9.38. The summed E-state index contributed by atoms with van der Waals surface area (Å²) in [4.78, 5) is 10.7. The van der Waals surface area contributed by atoms with Crippen molar-refractivity contribution >= 4 is 17.5 Å². The quantitative estimate of drug-likeness (QED) is 0.781. The summed E-state index contributed by atoms with van der Waals surface area (Å²) in [5, 5.41) is 2.72. The molecule has 1 N–H and O–H groups in total. The van der Waals surface area contributed by atoms with Crippen LogP contribution in [0.4, 0.5) is 0 Å². The Hall–Kier alpha value is -1.22. The lowest BCUT2D eigenvalue weighted by atomic mass is 10.2. The van der Waals surface area contributed by atoms with Gasteiger partial charge in [-0.25, -0.2) is 0 Å². The van der Waals surface area contributed by atoms with E-state index in [1.54, 1.807) is 0 Å². The second kappa shape index (κ2) is 6.30. The molecule has 15 heavy (non-hydrogen) atoms. The van der Waals surface area contributed by atoms with Gasteiger partial charge in [-0.3, -0.25) is 4.79 Å². The normalized spacial score (nSPS) is 9.73. The molecule has 0 atom stereocenters. The lowest BCUT2D eigenvalue weighted by molar-refractivity contribution is -0.119. The maximum absolute atomic E-state index is 10.7. The van der Waals surface area contributed by atoms with Gasteiger partial charge in [0.05, 0.1) is 5.88 Å². The maximum Gasteiger partial charge on any atom is 0.217 e. The number of carbonyl (C=O) groups is 1. The minimum Gasteiger partial charge on any atom is -0.492 e. The van der Waals surface area contributed by atoms with Gasteiger partial charge < -0.3 is 10.1 Å². The van der Waals surface area contributed by atoms with Crippen molar-refractivity contribution in [2.24, 2.45) is 0 Å². The molecule has 0 heterocycles. The van der Waals surface area contributed by atoms with Gasteiger partial charge in [0.25, 0.3) is 0 Å². The van der Waals surface area contributed by atoms with Crippen LogP contribution < -0.4 is 10.1 Å². The Balaban J connectivity index is 2.45. The summed E-state index contributed by atoms with van der Waals surface area (Å²) in [7, 11) is 0. The summed E-state index contributed by atoms with van der Waals surface area (Å²) in [6, 6.07) is 7.56. The number of halogens is 1. The molecule has 0 aliphatic carbocycles. The van der Waals surface area contributed by atoms with Crippen LogP contribution in [0, 0.1) is 0 Å². The summed E-state index contributed by atoms with van der Waals surface area (Å²) in [5.41, 5.74) is 1.04. The van der Waals surface area contributed by atoms with E-state index in [1.807, 2.05) is 24.3 Å². The average molecular weight is 228 g/mol. The number of hydrogen-bond acceptors (Lipinski definition) is 2. The summed E-state index contributed by atoms with van der Waals surface area (Å²) < 4.78 is 5.32. The Morgan fingerprint density at radius 1 is 1.40 bits per heavy atom. The average Bonchev–Trinajstić information content (AvgIpc) is 2.25. The Bertz CT molecular complexity index is 311. The van der Waals surface area contributed by atoms with Gasteiger partial charge in [-0.2, -0.15) is 0 Å². The molecule has 1 rings (SSSR count). The van der Waals surface area contributed by atoms with Gasteiger partial charge in [0.2, 0.25) is 5.91 Å². The largest absolute Gasteiger partial charge is 0.492 e. The van der Waals surface area contributed by atoms with Crippen LogP contribution in [0.3, 0.4) is 0 Å². The van der Waals surface area contributed by atoms with Crippen LogP contribution in [0.1, 0.15) is 12.5 Å². The second-order valence-corrected chi connectivity index (χ2v) is 3.47. The first kappa shape index (κ1) is 11.9. The van der Waals surface area contributed by atoms with Gasteiger partial charge in [0.1, 0.15) is 12.4 Å². The SMILES string of the molecule is CC(=O)NCc1ccc(OCCCl)cc1. The van der Waals surface area contributed by atoms with E-state index in [-0.39, 0.29) is 5.91 Å². The van der Waals surface area contributed by atoms with E-state index >= 15 is 0 Å². The highest BCUT2D eigenvalue weighted by Crippen LogP contribution is 2.11. The summed E-state index contributed by atoms with van der Waals surface area (Å²) >= 11 is 5.49. The van der Waals surface area contributed by atoms with Crippen molar-refractivity contribution in [3.05, 3.63) is 29.8 Å². The summed E-state index contributed by atoms with van der Waals surface area (Å²) in [6.07, 6.45) is 0. The number of benzene rings is 1. The minimum atomic E-state index is -0.0301. The van der Waals surface area contributed by atoms with E-state index in [9.17, 15) is 4.79 Å². The van der Waals surface area contributed by atoms with E-state index in [4.69, 9.17) is 16.3 Å². The van der Waals surface area contributed by atoms with Crippen LogP contribution in [0.5, 0.6) is 5.75 Å². The molecular weight excluding hydrogens is 214 g/mol. The molecule has 1 aromatic carbocycles. The van der Waals surface area contributed by atoms with Crippen molar-refractivity contribution in [2.45, 2.75) is 13.5 Å². The van der Waals surface area contributed by atoms with E-state index in [2.05, 4.69) is 5.32 Å². The Morgan fingerprint density at radius 2 is 2.07 bits per heavy atom. The Labute approximate surface area is 94.4 Å². The Morgan fingerprint density at radius 3 is 2.60 bits per heavy atom. The molecule has 0 unspecified atom stereocenters. The molecule has 0 aliphatic rings. The molecule has 0 radical (unpaired) electrons. The summed E-state index contributed by atoms with van der Waals surface area (Å²) in [5.74, 6) is 1.24. The van der Waals surface area contributed by atoms with Gasteiger partial charge in [-0.05, 0) is 17.7 Å². The molecule has 0 aliphatic heterocycles. The van der Waals surface area contributed by atoms with Crippen LogP contribution in [0.25, 0.3) is 0 Å². The topological polar surface area (TPSA) is 38.3 Å². The van der Waals surface area contributed by atoms with Crippen LogP contribution in [-0.4, -0.2) is 18.4 Å². The van der Waals surface area contributed by atoms with Crippen molar-refractivity contribution in [1.82, 2.24) is 5.32 Å². The third kappa shape index (κ3) is 4.70. The Kier molecular flexibility index (Phi) is 4.98. The third-order valence-electron chi connectivity index (χ3n) is 1.81. The highest BCUT2D eigenvalue weighted by atomic mass is 35.5. The standard InChI is InChI=1S/C11H14ClNO2/c1-9(14)13-8-10-2-4-11(5-3-10)15-7-6-12/h2-5H,6-8H2,1H3,(H,13,14). The fourth-order valence-electron chi connectivity index (χ4n) is 1.09. The molecule has 0 saturated heterocycles. The third-order valence-corrected chi connectivity index (χ3v) is 1.96. The molecule has 0 aromatic heterocycles. The van der Waals surface area contributed by atoms with Gasteiger partial charge in [-0.15, -0.1) is 11.6 Å². The molecule has 0 saturated carbocycles. The van der Waals surface area contributed by atoms with Crippen molar-refractivity contribution in [2.75, 3.05) is 12.5 Å². The zero-order chi connectivity index (χ0) is 11.1. The summed E-state index contributed by atoms with van der Waals surface area (Å²) in [6.45, 7) is 2.55. The monoisotopic (exact) mass is 227 g/mol. The van der Waals surface area contributed by atoms with Crippen LogP contribution in [0.15, 0.2) is 24.3 Å². The first-order valence-electron chi connectivity index (χ1n) is 4.74. The highest BCUT2D eigenvalue weighted by molar-refractivity contribution is 6.17. The molecular formula is C11H14ClNO2. The van der Waals surface area contributed by atoms with E-state index in [0.29, 0.717) is 19.0 Å². The molecule has 4 heteroatoms. The predicted octanol–water partition coefficient (Wildman–Crippen LogP) is 1.94. The van der Waals surface area contributed by atoms with Crippen LogP contribution in [-0.2, 0) is 11.3 Å². The molecule has 0 bridgehead atoms. The van der Waals surface area contributed by atoms with Crippen LogP contribution >= 0.6 is 11.6 Å². The zero-order valence-electron chi connectivity index (χ0n) is 8.63. The molecule has 3 nitrogen and oxygen atoms in total. The van der Waals surface area contributed by atoms with E-state index in [1.165, 1.54) is 6.92 Å². The fourth-order valence-corrected chi connectivity index (χ4v) is 1.16. The second-order valence-electron chi connectivity index (χ2n) is 3.09. The molecule has 1 amide bonds. The van der Waals surface area contributed by atoms with Gasteiger partial charge in [-0.1, -0.05) is 12.1 Å². The van der Waals surface area contributed by atoms with Gasteiger partial charge in [0, 0.05) is 13.5 Å². The van der Waals surface area contributed by atoms with Gasteiger partial charge >= 0.3 is 0 Å². The van der Waals surface area contributed by atoms with E-state index in [0.717, 1.165) is 11.3 Å². The van der Waals surface area contributed by atoms with Crippen molar-refractivity contribution in [1.29, 1.82) is 0 Å². The van der Waals surface area contributed by atoms with Crippen molar-refractivity contribution in [3.63, 3.8) is 0 Å². The van der Waals surface area contributed by atoms with Crippen molar-refractivity contribution < 1.29 is 9.53 Å². The van der Waals surface area contributed by atoms with E-state index < -0.39 is 0 Å². The maximum atomic E-state index is 10.7. The number of nitrogens with one attached hydrogen (secondary N) is 1. The predicted molar refractivity (Wildman–Crippen MR) is 60.2 cm³/mol. The lowest BCUT2D eigenvalue weighted by Crippen LogP contribution is -2.18. The number of carbonyl (C=O) groups excluding carboxylic acids is 1. The number of rotatable bonds is 5. The van der Waals surface area contributed by atoms with Gasteiger partial charge in [0.15, 0.2) is 0 Å². The minimum absolute atomic E-state index is 0.0301. The first-order valence-corrected chi connectivity index (χ1v) is 5.28. The molecule has 82 valence electrons. The lowest BCUT2D eigenvalue weighted by Gasteiger charge is -2.05. The highest BCUT2D eigenvalue weighted by Gasteiger charge is 1.96. The first-order chi connectivity index (χ1) is 7.22. The number of hydrogen-bond donors (Lipinski definition) is 1. The molecule has 0 spiro atoms. The molecule has 0 fully saturated rings. The van der Waals surface area contributed by atoms with Crippen LogP contribution in [0.2, 0.25) is 0 Å². The molecule has 1 aromatic rings. The smallest absolute Gasteiger partial charge is 0.217 e. The number of ether oxygens (including phenoxy) is 1. The number of amides is 1. The fraction of sp³-hybridized carbons (Fsp3) is 0.364. The van der Waals surface area contributed by atoms with Crippen molar-refractivity contribution in [3.8, 4) is 5.75 Å².